The summed E-state index contributed by atoms with van der Waals surface area (Å²) in [7, 11) is 0. The third-order valence-electron chi connectivity index (χ3n) is 3.05. The lowest BCUT2D eigenvalue weighted by atomic mass is 10.6. The van der Waals surface area contributed by atoms with E-state index in [2.05, 4.69) is 10.1 Å². The Morgan fingerprint density at radius 3 is 1.50 bits per heavy atom. The maximum Gasteiger partial charge on any atom is 0.329 e. The first-order chi connectivity index (χ1) is 14.5. The Balaban J connectivity index is 3.12. The molecule has 0 aromatic heterocycles. The van der Waals surface area contributed by atoms with E-state index in [1.807, 2.05) is 0 Å². The van der Waals surface area contributed by atoms with E-state index in [1.165, 1.54) is 6.92 Å². The van der Waals surface area contributed by atoms with Crippen molar-refractivity contribution < 1.29 is 52.6 Å². The summed E-state index contributed by atoms with van der Waals surface area (Å²) in [5, 5.41) is 10.9. The van der Waals surface area contributed by atoms with Crippen molar-refractivity contribution in [1.82, 2.24) is 5.32 Å². The van der Waals surface area contributed by atoms with Gasteiger partial charge >= 0.3 is 11.9 Å². The number of carbonyl (C=O) groups is 3. The highest BCUT2D eigenvalue weighted by molar-refractivity contribution is 5.77. The molecular formula is C18H33NO11. The van der Waals surface area contributed by atoms with E-state index in [4.69, 9.17) is 33.5 Å². The zero-order valence-electron chi connectivity index (χ0n) is 17.4. The van der Waals surface area contributed by atoms with Gasteiger partial charge in [0.25, 0.3) is 0 Å². The molecule has 0 radical (unpaired) electrons. The first-order valence-electron chi connectivity index (χ1n) is 9.60. The van der Waals surface area contributed by atoms with Crippen LogP contribution in [0.15, 0.2) is 0 Å². The van der Waals surface area contributed by atoms with Gasteiger partial charge < -0.3 is 43.6 Å². The van der Waals surface area contributed by atoms with Crippen molar-refractivity contribution in [2.75, 3.05) is 92.4 Å². The van der Waals surface area contributed by atoms with E-state index in [0.29, 0.717) is 72.6 Å². The van der Waals surface area contributed by atoms with Crippen LogP contribution in [0.25, 0.3) is 0 Å². The Kier molecular flexibility index (Phi) is 20.5. The quantitative estimate of drug-likeness (QED) is 0.156. The predicted octanol–water partition coefficient (Wildman–Crippen LogP) is -1.15. The van der Waals surface area contributed by atoms with Gasteiger partial charge in [-0.25, -0.2) is 4.79 Å². The van der Waals surface area contributed by atoms with Crippen molar-refractivity contribution in [2.24, 2.45) is 0 Å². The second kappa shape index (κ2) is 21.9. The summed E-state index contributed by atoms with van der Waals surface area (Å²) in [6.45, 7) is 5.15. The van der Waals surface area contributed by atoms with Crippen molar-refractivity contribution in [1.29, 1.82) is 0 Å². The molecule has 0 saturated heterocycles. The zero-order chi connectivity index (χ0) is 22.3. The molecule has 0 aromatic rings. The van der Waals surface area contributed by atoms with Crippen molar-refractivity contribution in [3.05, 3.63) is 0 Å². The Morgan fingerprint density at radius 1 is 0.633 bits per heavy atom. The van der Waals surface area contributed by atoms with Gasteiger partial charge in [0.1, 0.15) is 19.8 Å². The number of amides is 1. The fourth-order valence-electron chi connectivity index (χ4n) is 1.77. The lowest BCUT2D eigenvalue weighted by Gasteiger charge is -2.08. The highest BCUT2D eigenvalue weighted by atomic mass is 16.6. The number of aliphatic carboxylic acids is 1. The minimum Gasteiger partial charge on any atom is -0.480 e. The highest BCUT2D eigenvalue weighted by Crippen LogP contribution is 1.85. The zero-order valence-corrected chi connectivity index (χ0v) is 17.4. The second-order valence-corrected chi connectivity index (χ2v) is 5.64. The number of rotatable bonds is 22. The number of esters is 1. The van der Waals surface area contributed by atoms with E-state index < -0.39 is 18.5 Å². The van der Waals surface area contributed by atoms with Gasteiger partial charge in [-0.3, -0.25) is 9.59 Å². The Morgan fingerprint density at radius 2 is 1.07 bits per heavy atom. The molecule has 0 unspecified atom stereocenters. The number of nitrogens with one attached hydrogen (secondary N) is 1. The van der Waals surface area contributed by atoms with Gasteiger partial charge in [0, 0.05) is 13.5 Å². The molecule has 1 amide bonds. The van der Waals surface area contributed by atoms with E-state index in [9.17, 15) is 14.4 Å². The fraction of sp³-hybridized carbons (Fsp3) is 0.833. The van der Waals surface area contributed by atoms with Crippen LogP contribution in [0.4, 0.5) is 0 Å². The standard InChI is InChI=1S/C18H33NO11/c1-16(20)30-13-12-28-11-10-27-9-8-26-7-6-25-5-4-24-3-2-19-17(21)14-29-15-18(22)23/h2-15H2,1H3,(H,19,21)(H,22,23). The molecule has 0 aliphatic rings. The third-order valence-corrected chi connectivity index (χ3v) is 3.05. The summed E-state index contributed by atoms with van der Waals surface area (Å²) in [6.07, 6.45) is 0. The SMILES string of the molecule is CC(=O)OCCOCCOCCOCCOCCOCCNC(=O)COCC(=O)O. The van der Waals surface area contributed by atoms with Crippen LogP contribution in [0.2, 0.25) is 0 Å². The van der Waals surface area contributed by atoms with Crippen LogP contribution >= 0.6 is 0 Å². The molecule has 2 N–H and O–H groups in total. The molecule has 0 rings (SSSR count). The van der Waals surface area contributed by atoms with E-state index in [-0.39, 0.29) is 19.2 Å². The molecule has 0 spiro atoms. The maximum atomic E-state index is 11.3. The molecule has 176 valence electrons. The van der Waals surface area contributed by atoms with Crippen LogP contribution in [0.1, 0.15) is 6.92 Å². The van der Waals surface area contributed by atoms with E-state index in [1.54, 1.807) is 0 Å². The average molecular weight is 439 g/mol. The molecule has 0 aromatic carbocycles. The van der Waals surface area contributed by atoms with E-state index >= 15 is 0 Å². The Labute approximate surface area is 176 Å². The third kappa shape index (κ3) is 24.2. The molecule has 0 atom stereocenters. The first kappa shape index (κ1) is 28.2. The van der Waals surface area contributed by atoms with Crippen LogP contribution in [-0.4, -0.2) is 115 Å². The Bertz CT molecular complexity index is 448. The minimum absolute atomic E-state index is 0.242. The van der Waals surface area contributed by atoms with Gasteiger partial charge in [-0.15, -0.1) is 0 Å². The van der Waals surface area contributed by atoms with Crippen molar-refractivity contribution in [3.63, 3.8) is 0 Å². The summed E-state index contributed by atoms with van der Waals surface area (Å²) in [6, 6.07) is 0. The summed E-state index contributed by atoms with van der Waals surface area (Å²) < 4.78 is 35.8. The molecule has 12 heteroatoms. The summed E-state index contributed by atoms with van der Waals surface area (Å²) in [5.41, 5.74) is 0. The summed E-state index contributed by atoms with van der Waals surface area (Å²) in [4.78, 5) is 32.0. The second-order valence-electron chi connectivity index (χ2n) is 5.64. The number of carboxylic acids is 1. The molecule has 0 aliphatic carbocycles. The van der Waals surface area contributed by atoms with Gasteiger partial charge in [0.15, 0.2) is 0 Å². The van der Waals surface area contributed by atoms with Crippen LogP contribution in [-0.2, 0) is 47.5 Å². The number of ether oxygens (including phenoxy) is 7. The minimum atomic E-state index is -1.12. The van der Waals surface area contributed by atoms with Crippen LogP contribution in [0, 0.1) is 0 Å². The van der Waals surface area contributed by atoms with E-state index in [0.717, 1.165) is 0 Å². The summed E-state index contributed by atoms with van der Waals surface area (Å²) in [5.74, 6) is -1.85. The molecule has 0 bridgehead atoms. The van der Waals surface area contributed by atoms with Crippen LogP contribution < -0.4 is 5.32 Å². The largest absolute Gasteiger partial charge is 0.480 e. The monoisotopic (exact) mass is 439 g/mol. The van der Waals surface area contributed by atoms with Gasteiger partial charge in [0.05, 0.1) is 66.1 Å². The van der Waals surface area contributed by atoms with Crippen molar-refractivity contribution in [2.45, 2.75) is 6.92 Å². The highest BCUT2D eigenvalue weighted by Gasteiger charge is 2.03. The van der Waals surface area contributed by atoms with Crippen molar-refractivity contribution >= 4 is 17.8 Å². The maximum absolute atomic E-state index is 11.3. The number of hydrogen-bond donors (Lipinski definition) is 2. The lowest BCUT2D eigenvalue weighted by Crippen LogP contribution is -2.31. The average Bonchev–Trinajstić information content (AvgIpc) is 2.69. The first-order valence-corrected chi connectivity index (χ1v) is 9.60. The molecule has 0 fully saturated rings. The van der Waals surface area contributed by atoms with Gasteiger partial charge in [-0.1, -0.05) is 0 Å². The predicted molar refractivity (Wildman–Crippen MR) is 102 cm³/mol. The molecule has 0 aliphatic heterocycles. The molecule has 30 heavy (non-hydrogen) atoms. The van der Waals surface area contributed by atoms with Crippen LogP contribution in [0.3, 0.4) is 0 Å². The molecule has 0 heterocycles. The van der Waals surface area contributed by atoms with Gasteiger partial charge in [-0.05, 0) is 0 Å². The smallest absolute Gasteiger partial charge is 0.329 e. The Hall–Kier alpha value is -1.83. The van der Waals surface area contributed by atoms with Crippen molar-refractivity contribution in [3.8, 4) is 0 Å². The van der Waals surface area contributed by atoms with Gasteiger partial charge in [-0.2, -0.15) is 0 Å². The molecule has 0 saturated carbocycles. The topological polar surface area (TPSA) is 148 Å². The molecule has 12 nitrogen and oxygen atoms in total. The number of hydrogen-bond acceptors (Lipinski definition) is 10. The van der Waals surface area contributed by atoms with Gasteiger partial charge in [0.2, 0.25) is 5.91 Å². The normalized spacial score (nSPS) is 10.7. The molecular weight excluding hydrogens is 406 g/mol. The van der Waals surface area contributed by atoms with Crippen LogP contribution in [0.5, 0.6) is 0 Å². The summed E-state index contributed by atoms with van der Waals surface area (Å²) >= 11 is 0. The lowest BCUT2D eigenvalue weighted by molar-refractivity contribution is -0.144. The number of carboxylic acid groups (broad SMARTS) is 1. The fourth-order valence-corrected chi connectivity index (χ4v) is 1.77. The number of carbonyl (C=O) groups excluding carboxylic acids is 2.